The van der Waals surface area contributed by atoms with Gasteiger partial charge in [-0.3, -0.25) is 24.6 Å². The average Bonchev–Trinajstić information content (AvgIpc) is 3.49. The van der Waals surface area contributed by atoms with Gasteiger partial charge in [-0.25, -0.2) is 4.39 Å². The minimum Gasteiger partial charge on any atom is -0.494 e. The Balaban J connectivity index is 0.807. The molecule has 284 valence electrons. The molecule has 1 N–H and O–H groups in total. The summed E-state index contributed by atoms with van der Waals surface area (Å²) in [6.07, 6.45) is -1.14. The summed E-state index contributed by atoms with van der Waals surface area (Å²) in [5, 5.41) is 11.4. The first-order chi connectivity index (χ1) is 26.0. The normalized spacial score (nSPS) is 19.9. The van der Waals surface area contributed by atoms with Crippen molar-refractivity contribution in [2.45, 2.75) is 63.2 Å². The molecule has 7 rings (SSSR count). The highest BCUT2D eigenvalue weighted by Crippen LogP contribution is 2.39. The highest BCUT2D eigenvalue weighted by Gasteiger charge is 2.40. The predicted octanol–water partition coefficient (Wildman–Crippen LogP) is 5.84. The van der Waals surface area contributed by atoms with Crippen LogP contribution < -0.4 is 19.9 Å². The number of rotatable bonds is 10. The van der Waals surface area contributed by atoms with Crippen LogP contribution in [0.1, 0.15) is 77.1 Å². The number of hydrogen-bond donors (Lipinski definition) is 1. The standard InChI is InChI=1S/C40H42F4N6O4/c41-37-33(10-5-28(24-45)36(37)40(42,43)44)49-16-13-27(14-17-49)26-3-7-31(8-4-26)54-22-2-1-15-47-18-20-48(21-19-47)30-6-9-32-29(23-30)25-50(39(32)53)34-11-12-35(51)46-38(34)52/h3-10,23,27,34H,1-2,11-22,25H2,(H,46,51,52). The zero-order valence-corrected chi connectivity index (χ0v) is 29.8. The van der Waals surface area contributed by atoms with Gasteiger partial charge in [0.15, 0.2) is 5.82 Å². The van der Waals surface area contributed by atoms with Gasteiger partial charge >= 0.3 is 6.18 Å². The number of halogens is 4. The van der Waals surface area contributed by atoms with E-state index in [0.717, 1.165) is 74.2 Å². The largest absolute Gasteiger partial charge is 0.494 e. The topological polar surface area (TPSA) is 109 Å². The summed E-state index contributed by atoms with van der Waals surface area (Å²) in [6, 6.07) is 16.9. The summed E-state index contributed by atoms with van der Waals surface area (Å²) in [6.45, 7) is 6.34. The Bertz CT molecular complexity index is 1930. The van der Waals surface area contributed by atoms with E-state index in [1.807, 2.05) is 36.4 Å². The fourth-order valence-electron chi connectivity index (χ4n) is 8.08. The first-order valence-electron chi connectivity index (χ1n) is 18.5. The van der Waals surface area contributed by atoms with E-state index < -0.39 is 35.1 Å². The number of nitrogens with zero attached hydrogens (tertiary/aromatic N) is 5. The van der Waals surface area contributed by atoms with Crippen LogP contribution in [0.4, 0.5) is 28.9 Å². The second-order valence-corrected chi connectivity index (χ2v) is 14.4. The van der Waals surface area contributed by atoms with E-state index in [1.54, 1.807) is 9.80 Å². The Morgan fingerprint density at radius 1 is 0.870 bits per heavy atom. The third kappa shape index (κ3) is 7.87. The summed E-state index contributed by atoms with van der Waals surface area (Å²) in [5.74, 6) is -1.28. The van der Waals surface area contributed by atoms with Gasteiger partial charge in [0.25, 0.3) is 5.91 Å². The zero-order chi connectivity index (χ0) is 38.0. The van der Waals surface area contributed by atoms with Crippen LogP contribution in [0, 0.1) is 17.1 Å². The number of carbonyl (C=O) groups is 3. The third-order valence-corrected chi connectivity index (χ3v) is 11.1. The number of carbonyl (C=O) groups excluding carboxylic acids is 3. The van der Waals surface area contributed by atoms with E-state index in [1.165, 1.54) is 12.1 Å². The Morgan fingerprint density at radius 2 is 1.61 bits per heavy atom. The Morgan fingerprint density at radius 3 is 2.30 bits per heavy atom. The Hall–Kier alpha value is -5.16. The molecular formula is C40H42F4N6O4. The van der Waals surface area contributed by atoms with E-state index in [0.29, 0.717) is 51.1 Å². The van der Waals surface area contributed by atoms with Crippen molar-refractivity contribution in [1.29, 1.82) is 5.26 Å². The van der Waals surface area contributed by atoms with Crippen molar-refractivity contribution in [3.05, 3.63) is 88.2 Å². The van der Waals surface area contributed by atoms with Crippen molar-refractivity contribution < 1.29 is 36.7 Å². The molecule has 0 aliphatic carbocycles. The molecule has 3 aromatic rings. The van der Waals surface area contributed by atoms with Crippen LogP contribution in [-0.4, -0.2) is 86.0 Å². The summed E-state index contributed by atoms with van der Waals surface area (Å²) < 4.78 is 61.3. The van der Waals surface area contributed by atoms with Gasteiger partial charge in [-0.05, 0) is 98.2 Å². The summed E-state index contributed by atoms with van der Waals surface area (Å²) in [5.41, 5.74) is 1.37. The van der Waals surface area contributed by atoms with E-state index in [-0.39, 0.29) is 29.8 Å². The number of anilines is 2. The van der Waals surface area contributed by atoms with E-state index in [2.05, 4.69) is 21.2 Å². The number of hydrogen-bond acceptors (Lipinski definition) is 8. The Labute approximate surface area is 311 Å². The number of alkyl halides is 3. The first kappa shape index (κ1) is 37.2. The van der Waals surface area contributed by atoms with E-state index in [4.69, 9.17) is 10.00 Å². The van der Waals surface area contributed by atoms with Crippen LogP contribution in [0.25, 0.3) is 0 Å². The molecule has 54 heavy (non-hydrogen) atoms. The molecule has 3 fully saturated rings. The number of nitriles is 1. The molecule has 0 aromatic heterocycles. The van der Waals surface area contributed by atoms with Gasteiger partial charge in [-0.15, -0.1) is 0 Å². The number of ether oxygens (including phenoxy) is 1. The van der Waals surface area contributed by atoms with Crippen LogP contribution in [0.2, 0.25) is 0 Å². The number of imide groups is 1. The molecule has 14 heteroatoms. The maximum atomic E-state index is 14.9. The predicted molar refractivity (Wildman–Crippen MR) is 193 cm³/mol. The number of nitrogens with one attached hydrogen (secondary N) is 1. The fourth-order valence-corrected chi connectivity index (χ4v) is 8.08. The van der Waals surface area contributed by atoms with Crippen LogP contribution >= 0.6 is 0 Å². The lowest BCUT2D eigenvalue weighted by Gasteiger charge is -2.36. The monoisotopic (exact) mass is 746 g/mol. The quantitative estimate of drug-likeness (QED) is 0.157. The van der Waals surface area contributed by atoms with E-state index >= 15 is 0 Å². The maximum Gasteiger partial charge on any atom is 0.420 e. The molecule has 3 aromatic carbocycles. The molecule has 0 bridgehead atoms. The SMILES string of the molecule is N#Cc1ccc(N2CCC(c3ccc(OCCCCN4CCN(c5ccc6c(c5)CN(C5CCC(=O)NC5=O)C6=O)CC4)cc3)CC2)c(F)c1C(F)(F)F. The van der Waals surface area contributed by atoms with Gasteiger partial charge < -0.3 is 19.4 Å². The van der Waals surface area contributed by atoms with Gasteiger partial charge in [0.1, 0.15) is 17.4 Å². The van der Waals surface area contributed by atoms with Crippen molar-refractivity contribution in [3.63, 3.8) is 0 Å². The molecule has 0 saturated carbocycles. The Kier molecular flexibility index (Phi) is 10.8. The number of piperazine rings is 1. The van der Waals surface area contributed by atoms with Crippen LogP contribution in [-0.2, 0) is 22.3 Å². The van der Waals surface area contributed by atoms with Gasteiger partial charge in [0, 0.05) is 63.5 Å². The van der Waals surface area contributed by atoms with Gasteiger partial charge in [0.05, 0.1) is 23.9 Å². The minimum absolute atomic E-state index is 0.122. The molecule has 1 atom stereocenters. The molecule has 3 saturated heterocycles. The number of fused-ring (bicyclic) bond motifs is 1. The molecule has 4 heterocycles. The average molecular weight is 747 g/mol. The molecule has 4 aliphatic heterocycles. The van der Waals surface area contributed by atoms with Crippen LogP contribution in [0.15, 0.2) is 54.6 Å². The number of unbranched alkanes of at least 4 members (excludes halogenated alkanes) is 1. The summed E-state index contributed by atoms with van der Waals surface area (Å²) in [4.78, 5) is 45.0. The van der Waals surface area contributed by atoms with Crippen molar-refractivity contribution in [2.75, 3.05) is 62.2 Å². The van der Waals surface area contributed by atoms with Crippen molar-refractivity contribution in [2.24, 2.45) is 0 Å². The van der Waals surface area contributed by atoms with Crippen molar-refractivity contribution >= 4 is 29.1 Å². The van der Waals surface area contributed by atoms with Gasteiger partial charge in [-0.1, -0.05) is 12.1 Å². The van der Waals surface area contributed by atoms with Crippen molar-refractivity contribution in [3.8, 4) is 11.8 Å². The second kappa shape index (κ2) is 15.7. The summed E-state index contributed by atoms with van der Waals surface area (Å²) in [7, 11) is 0. The second-order valence-electron chi connectivity index (χ2n) is 14.4. The first-order valence-corrected chi connectivity index (χ1v) is 18.5. The molecule has 4 aliphatic rings. The zero-order valence-electron chi connectivity index (χ0n) is 29.8. The van der Waals surface area contributed by atoms with Crippen molar-refractivity contribution in [1.82, 2.24) is 15.1 Å². The molecule has 1 unspecified atom stereocenters. The lowest BCUT2D eigenvalue weighted by atomic mass is 9.89. The molecule has 0 spiro atoms. The lowest BCUT2D eigenvalue weighted by molar-refractivity contribution is -0.140. The number of benzene rings is 3. The molecule has 10 nitrogen and oxygen atoms in total. The molecular weight excluding hydrogens is 704 g/mol. The van der Waals surface area contributed by atoms with E-state index in [9.17, 15) is 31.9 Å². The highest BCUT2D eigenvalue weighted by atomic mass is 19.4. The lowest BCUT2D eigenvalue weighted by Crippen LogP contribution is -2.52. The smallest absolute Gasteiger partial charge is 0.420 e. The van der Waals surface area contributed by atoms with Gasteiger partial charge in [0.2, 0.25) is 11.8 Å². The van der Waals surface area contributed by atoms with Crippen LogP contribution in [0.5, 0.6) is 5.75 Å². The number of piperidine rings is 2. The fraction of sp³-hybridized carbons (Fsp3) is 0.450. The summed E-state index contributed by atoms with van der Waals surface area (Å²) >= 11 is 0. The number of amides is 3. The molecule has 3 amide bonds. The minimum atomic E-state index is -4.95. The third-order valence-electron chi connectivity index (χ3n) is 11.1. The maximum absolute atomic E-state index is 14.9. The highest BCUT2D eigenvalue weighted by molar-refractivity contribution is 6.05. The van der Waals surface area contributed by atoms with Crippen LogP contribution in [0.3, 0.4) is 0 Å². The van der Waals surface area contributed by atoms with Gasteiger partial charge in [-0.2, -0.15) is 18.4 Å². The molecule has 0 radical (unpaired) electrons.